The molecule has 0 aliphatic carbocycles. The van der Waals surface area contributed by atoms with Crippen LogP contribution in [0.2, 0.25) is 0 Å². The third-order valence-corrected chi connectivity index (χ3v) is 3.49. The van der Waals surface area contributed by atoms with E-state index < -0.39 is 0 Å². The molecule has 0 spiro atoms. The zero-order chi connectivity index (χ0) is 15.5. The van der Waals surface area contributed by atoms with Crippen molar-refractivity contribution in [3.05, 3.63) is 29.6 Å². The van der Waals surface area contributed by atoms with Crippen molar-refractivity contribution < 1.29 is 14.3 Å². The second kappa shape index (κ2) is 10.2. The summed E-state index contributed by atoms with van der Waals surface area (Å²) >= 11 is 0. The molecular weight excluding hydrogens is 269 g/mol. The van der Waals surface area contributed by atoms with Crippen molar-refractivity contribution in [2.24, 2.45) is 5.16 Å². The average molecular weight is 295 g/mol. The van der Waals surface area contributed by atoms with Gasteiger partial charge in [-0.25, -0.2) is 4.39 Å². The maximum atomic E-state index is 13.3. The quantitative estimate of drug-likeness (QED) is 0.280. The van der Waals surface area contributed by atoms with Crippen LogP contribution in [0.4, 0.5) is 4.39 Å². The van der Waals surface area contributed by atoms with Crippen LogP contribution in [0.25, 0.3) is 0 Å². The largest absolute Gasteiger partial charge is 0.493 e. The minimum Gasteiger partial charge on any atom is -0.493 e. The van der Waals surface area contributed by atoms with Gasteiger partial charge in [0.05, 0.1) is 12.3 Å². The van der Waals surface area contributed by atoms with Crippen molar-refractivity contribution >= 4 is 5.71 Å². The molecule has 1 aromatic rings. The Morgan fingerprint density at radius 2 is 1.81 bits per heavy atom. The van der Waals surface area contributed by atoms with Crippen LogP contribution in [0.3, 0.4) is 0 Å². The van der Waals surface area contributed by atoms with E-state index in [1.165, 1.54) is 44.2 Å². The highest BCUT2D eigenvalue weighted by Gasteiger charge is 2.08. The van der Waals surface area contributed by atoms with Crippen LogP contribution in [-0.4, -0.2) is 17.5 Å². The fourth-order valence-electron chi connectivity index (χ4n) is 2.21. The molecule has 0 amide bonds. The van der Waals surface area contributed by atoms with Crippen molar-refractivity contribution in [1.29, 1.82) is 0 Å². The first kappa shape index (κ1) is 17.5. The summed E-state index contributed by atoms with van der Waals surface area (Å²) in [5.74, 6) is 0.0929. The van der Waals surface area contributed by atoms with Gasteiger partial charge in [0.15, 0.2) is 0 Å². The van der Waals surface area contributed by atoms with Crippen LogP contribution in [0.15, 0.2) is 23.4 Å². The zero-order valence-corrected chi connectivity index (χ0v) is 13.1. The van der Waals surface area contributed by atoms with Gasteiger partial charge in [-0.15, -0.1) is 0 Å². The first-order valence-corrected chi connectivity index (χ1v) is 7.80. The normalized spacial score (nSPS) is 11.7. The molecule has 1 aromatic carbocycles. The maximum absolute atomic E-state index is 13.3. The molecule has 0 unspecified atom stereocenters. The van der Waals surface area contributed by atoms with Crippen LogP contribution < -0.4 is 4.74 Å². The van der Waals surface area contributed by atoms with E-state index in [4.69, 9.17) is 9.94 Å². The maximum Gasteiger partial charge on any atom is 0.131 e. The Morgan fingerprint density at radius 1 is 1.14 bits per heavy atom. The number of nitrogens with zero attached hydrogens (tertiary/aromatic N) is 1. The summed E-state index contributed by atoms with van der Waals surface area (Å²) in [6, 6.07) is 4.25. The number of oxime groups is 1. The summed E-state index contributed by atoms with van der Waals surface area (Å²) in [5.41, 5.74) is 1.05. The van der Waals surface area contributed by atoms with Crippen molar-refractivity contribution in [2.75, 3.05) is 6.61 Å². The topological polar surface area (TPSA) is 41.8 Å². The van der Waals surface area contributed by atoms with Crippen LogP contribution in [0, 0.1) is 5.82 Å². The lowest BCUT2D eigenvalue weighted by Crippen LogP contribution is -2.04. The highest BCUT2D eigenvalue weighted by molar-refractivity contribution is 6.00. The minimum atomic E-state index is -0.348. The van der Waals surface area contributed by atoms with Crippen LogP contribution in [0.1, 0.15) is 64.4 Å². The van der Waals surface area contributed by atoms with Crippen LogP contribution in [0.5, 0.6) is 5.75 Å². The van der Waals surface area contributed by atoms with Gasteiger partial charge in [0.1, 0.15) is 11.6 Å². The van der Waals surface area contributed by atoms with E-state index >= 15 is 0 Å². The Balaban J connectivity index is 2.36. The second-order valence-electron chi connectivity index (χ2n) is 5.30. The molecular formula is C17H26FNO2. The molecule has 21 heavy (non-hydrogen) atoms. The number of hydrogen-bond donors (Lipinski definition) is 1. The van der Waals surface area contributed by atoms with Gasteiger partial charge in [-0.1, -0.05) is 50.6 Å². The van der Waals surface area contributed by atoms with E-state index in [9.17, 15) is 4.39 Å². The monoisotopic (exact) mass is 295 g/mol. The summed E-state index contributed by atoms with van der Waals surface area (Å²) < 4.78 is 18.9. The third-order valence-electron chi connectivity index (χ3n) is 3.49. The lowest BCUT2D eigenvalue weighted by atomic mass is 10.1. The average Bonchev–Trinajstić information content (AvgIpc) is 2.49. The van der Waals surface area contributed by atoms with Gasteiger partial charge in [-0.3, -0.25) is 0 Å². The standard InChI is InChI=1S/C17H26FNO2/c1-3-4-5-6-7-8-9-12-21-17-13-15(18)10-11-16(17)14(2)19-20/h10-11,13,20H,3-9,12H2,1-2H3. The molecule has 0 aliphatic heterocycles. The number of rotatable bonds is 10. The number of benzene rings is 1. The van der Waals surface area contributed by atoms with Crippen LogP contribution in [-0.2, 0) is 0 Å². The van der Waals surface area contributed by atoms with Gasteiger partial charge >= 0.3 is 0 Å². The summed E-state index contributed by atoms with van der Waals surface area (Å²) in [6.07, 6.45) is 8.45. The Bertz CT molecular complexity index is 446. The summed E-state index contributed by atoms with van der Waals surface area (Å²) in [4.78, 5) is 0. The fourth-order valence-corrected chi connectivity index (χ4v) is 2.21. The van der Waals surface area contributed by atoms with Gasteiger partial charge in [0.25, 0.3) is 0 Å². The Hall–Kier alpha value is -1.58. The Morgan fingerprint density at radius 3 is 2.48 bits per heavy atom. The van der Waals surface area contributed by atoms with Gasteiger partial charge in [0.2, 0.25) is 0 Å². The van der Waals surface area contributed by atoms with Crippen molar-refractivity contribution in [1.82, 2.24) is 0 Å². The molecule has 0 aliphatic rings. The third kappa shape index (κ3) is 6.61. The van der Waals surface area contributed by atoms with E-state index in [-0.39, 0.29) is 5.82 Å². The molecule has 1 N–H and O–H groups in total. The first-order valence-electron chi connectivity index (χ1n) is 7.80. The lowest BCUT2D eigenvalue weighted by Gasteiger charge is -2.11. The molecule has 0 fully saturated rings. The van der Waals surface area contributed by atoms with Gasteiger partial charge < -0.3 is 9.94 Å². The first-order chi connectivity index (χ1) is 10.2. The predicted octanol–water partition coefficient (Wildman–Crippen LogP) is 5.15. The Kier molecular flexibility index (Phi) is 8.48. The Labute approximate surface area is 126 Å². The second-order valence-corrected chi connectivity index (χ2v) is 5.30. The highest BCUT2D eigenvalue weighted by Crippen LogP contribution is 2.21. The van der Waals surface area contributed by atoms with Gasteiger partial charge in [-0.2, -0.15) is 0 Å². The molecule has 0 atom stereocenters. The molecule has 3 nitrogen and oxygen atoms in total. The van der Waals surface area contributed by atoms with Crippen molar-refractivity contribution in [3.8, 4) is 5.75 Å². The summed E-state index contributed by atoms with van der Waals surface area (Å²) in [7, 11) is 0. The molecule has 0 saturated heterocycles. The molecule has 0 bridgehead atoms. The lowest BCUT2D eigenvalue weighted by molar-refractivity contribution is 0.300. The molecule has 4 heteroatoms. The van der Waals surface area contributed by atoms with Crippen molar-refractivity contribution in [3.63, 3.8) is 0 Å². The highest BCUT2D eigenvalue weighted by atomic mass is 19.1. The predicted molar refractivity (Wildman–Crippen MR) is 83.9 cm³/mol. The number of hydrogen-bond acceptors (Lipinski definition) is 3. The van der Waals surface area contributed by atoms with Crippen LogP contribution >= 0.6 is 0 Å². The van der Waals surface area contributed by atoms with E-state index in [1.807, 2.05) is 0 Å². The zero-order valence-electron chi connectivity index (χ0n) is 13.1. The molecule has 1 rings (SSSR count). The number of unbranched alkanes of at least 4 members (excludes halogenated alkanes) is 6. The molecule has 0 radical (unpaired) electrons. The summed E-state index contributed by atoms with van der Waals surface area (Å²) in [5, 5.41) is 12.0. The molecule has 0 saturated carbocycles. The van der Waals surface area contributed by atoms with E-state index in [0.717, 1.165) is 12.8 Å². The minimum absolute atomic E-state index is 0.348. The van der Waals surface area contributed by atoms with E-state index in [0.29, 0.717) is 23.6 Å². The van der Waals surface area contributed by atoms with E-state index in [1.54, 1.807) is 13.0 Å². The van der Waals surface area contributed by atoms with Crippen molar-refractivity contribution in [2.45, 2.75) is 58.8 Å². The molecule has 118 valence electrons. The fraction of sp³-hybridized carbons (Fsp3) is 0.588. The smallest absolute Gasteiger partial charge is 0.131 e. The molecule has 0 heterocycles. The van der Waals surface area contributed by atoms with E-state index in [2.05, 4.69) is 12.1 Å². The molecule has 0 aromatic heterocycles. The number of halogens is 1. The summed E-state index contributed by atoms with van der Waals surface area (Å²) in [6.45, 7) is 4.43. The van der Waals surface area contributed by atoms with Gasteiger partial charge in [-0.05, 0) is 25.5 Å². The van der Waals surface area contributed by atoms with Gasteiger partial charge in [0, 0.05) is 11.6 Å². The number of ether oxygens (including phenoxy) is 1. The SMILES string of the molecule is CCCCCCCCCOc1cc(F)ccc1C(C)=NO.